The molecule has 0 saturated carbocycles. The summed E-state index contributed by atoms with van der Waals surface area (Å²) in [7, 11) is 0. The third kappa shape index (κ3) is 5.67. The van der Waals surface area contributed by atoms with Crippen LogP contribution in [0.5, 0.6) is 0 Å². The quantitative estimate of drug-likeness (QED) is 0.773. The van der Waals surface area contributed by atoms with Crippen LogP contribution in [-0.2, 0) is 16.0 Å². The first kappa shape index (κ1) is 21.0. The van der Waals surface area contributed by atoms with E-state index in [2.05, 4.69) is 22.1 Å². The molecule has 2 heterocycles. The Morgan fingerprint density at radius 2 is 1.79 bits per heavy atom. The summed E-state index contributed by atoms with van der Waals surface area (Å²) >= 11 is 0. The van der Waals surface area contributed by atoms with Crippen LogP contribution >= 0.6 is 0 Å². The zero-order valence-corrected chi connectivity index (χ0v) is 17.5. The standard InChI is InChI=1S/C22H30N4O3/c1-4-25-11-13-26(14-12-25)21(28)9-10-23-20(27)15-19-17(3)29-22(24-19)18-7-5-16(2)6-8-18/h5-8H,4,9-15H2,1-3H3,(H,23,27). The van der Waals surface area contributed by atoms with Gasteiger partial charge in [0.25, 0.3) is 0 Å². The molecule has 156 valence electrons. The van der Waals surface area contributed by atoms with E-state index in [-0.39, 0.29) is 18.2 Å². The third-order valence-corrected chi connectivity index (χ3v) is 5.35. The molecule has 0 radical (unpaired) electrons. The number of nitrogens with zero attached hydrogens (tertiary/aromatic N) is 3. The van der Waals surface area contributed by atoms with Gasteiger partial charge in [0, 0.05) is 44.7 Å². The number of carbonyl (C=O) groups is 2. The highest BCUT2D eigenvalue weighted by molar-refractivity contribution is 5.80. The summed E-state index contributed by atoms with van der Waals surface area (Å²) in [5.41, 5.74) is 2.68. The molecule has 1 N–H and O–H groups in total. The number of hydrogen-bond acceptors (Lipinski definition) is 5. The second-order valence-corrected chi connectivity index (χ2v) is 7.48. The molecular weight excluding hydrogens is 368 g/mol. The average molecular weight is 399 g/mol. The van der Waals surface area contributed by atoms with Crippen LogP contribution in [0.15, 0.2) is 28.7 Å². The van der Waals surface area contributed by atoms with Crippen LogP contribution in [0.2, 0.25) is 0 Å². The van der Waals surface area contributed by atoms with E-state index in [4.69, 9.17) is 4.42 Å². The van der Waals surface area contributed by atoms with Crippen molar-refractivity contribution in [3.05, 3.63) is 41.3 Å². The van der Waals surface area contributed by atoms with Crippen molar-refractivity contribution in [3.8, 4) is 11.5 Å². The number of carbonyl (C=O) groups excluding carboxylic acids is 2. The van der Waals surface area contributed by atoms with Crippen molar-refractivity contribution in [2.24, 2.45) is 0 Å². The summed E-state index contributed by atoms with van der Waals surface area (Å²) in [4.78, 5) is 33.3. The van der Waals surface area contributed by atoms with Gasteiger partial charge in [-0.25, -0.2) is 4.98 Å². The van der Waals surface area contributed by atoms with Crippen molar-refractivity contribution in [2.45, 2.75) is 33.6 Å². The van der Waals surface area contributed by atoms with E-state index in [9.17, 15) is 9.59 Å². The maximum Gasteiger partial charge on any atom is 0.226 e. The Morgan fingerprint density at radius 3 is 2.45 bits per heavy atom. The van der Waals surface area contributed by atoms with Gasteiger partial charge in [-0.05, 0) is 32.5 Å². The normalized spacial score (nSPS) is 14.8. The number of likely N-dealkylation sites (N-methyl/N-ethyl adjacent to an activating group) is 1. The summed E-state index contributed by atoms with van der Waals surface area (Å²) in [6.07, 6.45) is 0.467. The molecule has 1 aliphatic rings. The second kappa shape index (κ2) is 9.69. The van der Waals surface area contributed by atoms with Gasteiger partial charge in [0.15, 0.2) is 0 Å². The number of amides is 2. The number of aryl methyl sites for hydroxylation is 2. The Kier molecular flexibility index (Phi) is 7.04. The van der Waals surface area contributed by atoms with E-state index in [0.29, 0.717) is 30.3 Å². The van der Waals surface area contributed by atoms with E-state index in [1.807, 2.05) is 43.0 Å². The van der Waals surface area contributed by atoms with Crippen LogP contribution in [0.3, 0.4) is 0 Å². The van der Waals surface area contributed by atoms with Crippen molar-refractivity contribution in [3.63, 3.8) is 0 Å². The minimum absolute atomic E-state index is 0.0975. The maximum atomic E-state index is 12.3. The summed E-state index contributed by atoms with van der Waals surface area (Å²) < 4.78 is 5.73. The molecule has 29 heavy (non-hydrogen) atoms. The van der Waals surface area contributed by atoms with E-state index < -0.39 is 0 Å². The number of oxazole rings is 1. The lowest BCUT2D eigenvalue weighted by molar-refractivity contribution is -0.132. The van der Waals surface area contributed by atoms with Gasteiger partial charge in [-0.1, -0.05) is 24.6 Å². The lowest BCUT2D eigenvalue weighted by atomic mass is 10.1. The first-order valence-corrected chi connectivity index (χ1v) is 10.3. The summed E-state index contributed by atoms with van der Waals surface area (Å²) in [6, 6.07) is 7.91. The number of aromatic nitrogens is 1. The summed E-state index contributed by atoms with van der Waals surface area (Å²) in [5.74, 6) is 1.10. The highest BCUT2D eigenvalue weighted by Gasteiger charge is 2.20. The van der Waals surface area contributed by atoms with Crippen LogP contribution in [0.4, 0.5) is 0 Å². The molecule has 3 rings (SSSR count). The van der Waals surface area contributed by atoms with Gasteiger partial charge in [0.05, 0.1) is 12.1 Å². The van der Waals surface area contributed by atoms with E-state index in [1.54, 1.807) is 0 Å². The smallest absolute Gasteiger partial charge is 0.226 e. The molecule has 0 spiro atoms. The zero-order chi connectivity index (χ0) is 20.8. The first-order chi connectivity index (χ1) is 14.0. The molecule has 0 unspecified atom stereocenters. The fourth-order valence-electron chi connectivity index (χ4n) is 3.41. The lowest BCUT2D eigenvalue weighted by Gasteiger charge is -2.34. The van der Waals surface area contributed by atoms with Crippen molar-refractivity contribution in [2.75, 3.05) is 39.3 Å². The van der Waals surface area contributed by atoms with Gasteiger partial charge in [-0.2, -0.15) is 0 Å². The highest BCUT2D eigenvalue weighted by atomic mass is 16.4. The van der Waals surface area contributed by atoms with Crippen LogP contribution in [0.25, 0.3) is 11.5 Å². The molecule has 7 nitrogen and oxygen atoms in total. The Bertz CT molecular complexity index is 836. The molecule has 1 fully saturated rings. The molecule has 2 aromatic rings. The van der Waals surface area contributed by atoms with Gasteiger partial charge < -0.3 is 19.5 Å². The largest absolute Gasteiger partial charge is 0.441 e. The highest BCUT2D eigenvalue weighted by Crippen LogP contribution is 2.22. The Morgan fingerprint density at radius 1 is 1.10 bits per heavy atom. The second-order valence-electron chi connectivity index (χ2n) is 7.48. The van der Waals surface area contributed by atoms with Gasteiger partial charge in [-0.15, -0.1) is 0 Å². The minimum Gasteiger partial charge on any atom is -0.441 e. The number of hydrogen-bond donors (Lipinski definition) is 1. The van der Waals surface area contributed by atoms with Crippen LogP contribution in [0, 0.1) is 13.8 Å². The third-order valence-electron chi connectivity index (χ3n) is 5.35. The number of benzene rings is 1. The van der Waals surface area contributed by atoms with Gasteiger partial charge >= 0.3 is 0 Å². The van der Waals surface area contributed by atoms with Crippen molar-refractivity contribution in [1.82, 2.24) is 20.1 Å². The first-order valence-electron chi connectivity index (χ1n) is 10.3. The van der Waals surface area contributed by atoms with Crippen LogP contribution in [-0.4, -0.2) is 65.9 Å². The molecule has 0 atom stereocenters. The molecule has 7 heteroatoms. The predicted molar refractivity (Wildman–Crippen MR) is 111 cm³/mol. The van der Waals surface area contributed by atoms with Crippen molar-refractivity contribution < 1.29 is 14.0 Å². The molecule has 1 aromatic heterocycles. The minimum atomic E-state index is -0.152. The summed E-state index contributed by atoms with van der Waals surface area (Å²) in [5, 5.41) is 2.83. The van der Waals surface area contributed by atoms with E-state index >= 15 is 0 Å². The molecule has 1 aromatic carbocycles. The average Bonchev–Trinajstić information content (AvgIpc) is 3.08. The Balaban J connectivity index is 1.45. The SMILES string of the molecule is CCN1CCN(C(=O)CCNC(=O)Cc2nc(-c3ccc(C)cc3)oc2C)CC1. The zero-order valence-electron chi connectivity index (χ0n) is 17.5. The molecular formula is C22H30N4O3. The van der Waals surface area contributed by atoms with Gasteiger partial charge in [-0.3, -0.25) is 9.59 Å². The van der Waals surface area contributed by atoms with E-state index in [0.717, 1.165) is 38.3 Å². The molecule has 1 aliphatic heterocycles. The van der Waals surface area contributed by atoms with Crippen LogP contribution < -0.4 is 5.32 Å². The fraction of sp³-hybridized carbons (Fsp3) is 0.500. The van der Waals surface area contributed by atoms with Gasteiger partial charge in [0.1, 0.15) is 5.76 Å². The Hall–Kier alpha value is -2.67. The predicted octanol–water partition coefficient (Wildman–Crippen LogP) is 2.17. The number of rotatable bonds is 7. The van der Waals surface area contributed by atoms with Crippen molar-refractivity contribution >= 4 is 11.8 Å². The van der Waals surface area contributed by atoms with Crippen molar-refractivity contribution in [1.29, 1.82) is 0 Å². The van der Waals surface area contributed by atoms with E-state index in [1.165, 1.54) is 5.56 Å². The van der Waals surface area contributed by atoms with Gasteiger partial charge in [0.2, 0.25) is 17.7 Å². The molecule has 1 saturated heterocycles. The van der Waals surface area contributed by atoms with Crippen LogP contribution in [0.1, 0.15) is 30.4 Å². The fourth-order valence-corrected chi connectivity index (χ4v) is 3.41. The number of nitrogens with one attached hydrogen (secondary N) is 1. The number of piperazine rings is 1. The molecule has 2 amide bonds. The summed E-state index contributed by atoms with van der Waals surface area (Å²) in [6.45, 7) is 10.7. The topological polar surface area (TPSA) is 78.7 Å². The molecule has 0 aliphatic carbocycles. The Labute approximate surface area is 172 Å². The monoisotopic (exact) mass is 398 g/mol. The lowest BCUT2D eigenvalue weighted by Crippen LogP contribution is -2.49. The molecule has 0 bridgehead atoms. The maximum absolute atomic E-state index is 12.3.